The normalized spacial score (nSPS) is 11.9. The van der Waals surface area contributed by atoms with Gasteiger partial charge in [0.15, 0.2) is 5.89 Å². The van der Waals surface area contributed by atoms with Gasteiger partial charge in [0.1, 0.15) is 24.6 Å². The van der Waals surface area contributed by atoms with Gasteiger partial charge in [0.05, 0.1) is 6.42 Å². The number of ether oxygens (including phenoxy) is 1. The van der Waals surface area contributed by atoms with E-state index >= 15 is 0 Å². The minimum absolute atomic E-state index is 0.195. The number of rotatable bonds is 6. The van der Waals surface area contributed by atoms with Crippen molar-refractivity contribution in [1.82, 2.24) is 4.98 Å². The van der Waals surface area contributed by atoms with Crippen molar-refractivity contribution >= 4 is 5.97 Å². The van der Waals surface area contributed by atoms with Gasteiger partial charge in [0.25, 0.3) is 0 Å². The molecule has 2 N–H and O–H groups in total. The number of carbonyl (C=O) groups excluding carboxylic acids is 1. The molecule has 3 rings (SSSR count). The van der Waals surface area contributed by atoms with E-state index in [1.165, 1.54) is 0 Å². The van der Waals surface area contributed by atoms with E-state index in [4.69, 9.17) is 14.9 Å². The fraction of sp³-hybridized carbons (Fsp3) is 0.158. The highest BCUT2D eigenvalue weighted by molar-refractivity contribution is 5.75. The van der Waals surface area contributed by atoms with Gasteiger partial charge in [0.2, 0.25) is 0 Å². The van der Waals surface area contributed by atoms with Gasteiger partial charge in [-0.3, -0.25) is 4.79 Å². The van der Waals surface area contributed by atoms with Crippen molar-refractivity contribution < 1.29 is 13.9 Å². The minimum atomic E-state index is -0.809. The molecule has 1 heterocycles. The van der Waals surface area contributed by atoms with Gasteiger partial charge in [-0.1, -0.05) is 60.7 Å². The Labute approximate surface area is 140 Å². The predicted molar refractivity (Wildman–Crippen MR) is 89.9 cm³/mol. The van der Waals surface area contributed by atoms with E-state index in [-0.39, 0.29) is 13.0 Å². The summed E-state index contributed by atoms with van der Waals surface area (Å²) in [7, 11) is 0. The Morgan fingerprint density at radius 3 is 2.46 bits per heavy atom. The molecule has 0 aliphatic rings. The number of hydrogen-bond acceptors (Lipinski definition) is 5. The van der Waals surface area contributed by atoms with Crippen molar-refractivity contribution in [1.29, 1.82) is 0 Å². The monoisotopic (exact) mass is 322 g/mol. The second-order valence-electron chi connectivity index (χ2n) is 5.40. The maximum absolute atomic E-state index is 12.0. The first kappa shape index (κ1) is 16.0. The molecule has 3 aromatic rings. The van der Waals surface area contributed by atoms with Crippen LogP contribution in [0.15, 0.2) is 71.3 Å². The zero-order valence-corrected chi connectivity index (χ0v) is 13.1. The molecule has 0 fully saturated rings. The van der Waals surface area contributed by atoms with Crippen LogP contribution in [0.25, 0.3) is 11.3 Å². The summed E-state index contributed by atoms with van der Waals surface area (Å²) in [5.74, 6) is -0.0590. The molecule has 1 aromatic heterocycles. The Morgan fingerprint density at radius 1 is 1.08 bits per heavy atom. The number of esters is 1. The third-order valence-electron chi connectivity index (χ3n) is 3.54. The number of oxazole rings is 1. The average Bonchev–Trinajstić information content (AvgIpc) is 3.10. The van der Waals surface area contributed by atoms with Crippen molar-refractivity contribution in [3.63, 3.8) is 0 Å². The second-order valence-corrected chi connectivity index (χ2v) is 5.40. The topological polar surface area (TPSA) is 78.4 Å². The molecule has 5 heteroatoms. The van der Waals surface area contributed by atoms with Crippen LogP contribution in [0.2, 0.25) is 0 Å². The predicted octanol–water partition coefficient (Wildman–Crippen LogP) is 2.95. The van der Waals surface area contributed by atoms with Crippen LogP contribution in [0.3, 0.4) is 0 Å². The molecule has 0 spiro atoms. The van der Waals surface area contributed by atoms with Crippen LogP contribution in [-0.2, 0) is 22.6 Å². The van der Waals surface area contributed by atoms with E-state index in [2.05, 4.69) is 4.98 Å². The number of nitrogens with zero attached hydrogens (tertiary/aromatic N) is 1. The Balaban J connectivity index is 1.55. The van der Waals surface area contributed by atoms with E-state index in [0.717, 1.165) is 16.8 Å². The smallest absolute Gasteiger partial charge is 0.323 e. The average molecular weight is 322 g/mol. The Kier molecular flexibility index (Phi) is 5.03. The molecule has 2 aromatic carbocycles. The van der Waals surface area contributed by atoms with Crippen molar-refractivity contribution in [3.8, 4) is 11.3 Å². The van der Waals surface area contributed by atoms with Gasteiger partial charge in [-0.05, 0) is 5.56 Å². The molecule has 0 bridgehead atoms. The van der Waals surface area contributed by atoms with Gasteiger partial charge in [-0.2, -0.15) is 0 Å². The van der Waals surface area contributed by atoms with Crippen molar-refractivity contribution in [2.75, 3.05) is 0 Å². The molecule has 0 saturated carbocycles. The molecule has 122 valence electrons. The Bertz CT molecular complexity index is 785. The Hall–Kier alpha value is -2.92. The lowest BCUT2D eigenvalue weighted by Crippen LogP contribution is -2.34. The van der Waals surface area contributed by atoms with Gasteiger partial charge in [-0.15, -0.1) is 0 Å². The highest BCUT2D eigenvalue weighted by Gasteiger charge is 2.19. The van der Waals surface area contributed by atoms with Crippen LogP contribution in [0.1, 0.15) is 11.5 Å². The summed E-state index contributed by atoms with van der Waals surface area (Å²) < 4.78 is 10.6. The molecule has 5 nitrogen and oxygen atoms in total. The fourth-order valence-electron chi connectivity index (χ4n) is 2.25. The van der Waals surface area contributed by atoms with Crippen LogP contribution in [0.4, 0.5) is 0 Å². The summed E-state index contributed by atoms with van der Waals surface area (Å²) in [5.41, 5.74) is 8.47. The Morgan fingerprint density at radius 2 is 1.75 bits per heavy atom. The summed E-state index contributed by atoms with van der Waals surface area (Å²) in [4.78, 5) is 16.3. The maximum Gasteiger partial charge on any atom is 0.323 e. The van der Waals surface area contributed by atoms with E-state index in [1.54, 1.807) is 6.26 Å². The number of benzene rings is 2. The molecule has 0 radical (unpaired) electrons. The van der Waals surface area contributed by atoms with Crippen LogP contribution < -0.4 is 5.73 Å². The summed E-state index contributed by atoms with van der Waals surface area (Å²) in [6.45, 7) is 0.203. The van der Waals surface area contributed by atoms with E-state index in [0.29, 0.717) is 5.89 Å². The summed E-state index contributed by atoms with van der Waals surface area (Å²) in [5, 5.41) is 0. The second kappa shape index (κ2) is 7.57. The molecule has 1 atom stereocenters. The summed E-state index contributed by atoms with van der Waals surface area (Å²) >= 11 is 0. The molecule has 0 aliphatic carbocycles. The van der Waals surface area contributed by atoms with E-state index in [1.807, 2.05) is 60.7 Å². The van der Waals surface area contributed by atoms with Crippen molar-refractivity contribution in [3.05, 3.63) is 78.4 Å². The lowest BCUT2D eigenvalue weighted by molar-refractivity contribution is -0.146. The van der Waals surface area contributed by atoms with Crippen LogP contribution in [0.5, 0.6) is 0 Å². The maximum atomic E-state index is 12.0. The van der Waals surface area contributed by atoms with Crippen molar-refractivity contribution in [2.24, 2.45) is 5.73 Å². The van der Waals surface area contributed by atoms with Crippen molar-refractivity contribution in [2.45, 2.75) is 19.1 Å². The molecule has 0 amide bonds. The first-order valence-corrected chi connectivity index (χ1v) is 7.68. The third kappa shape index (κ3) is 4.08. The van der Waals surface area contributed by atoms with E-state index in [9.17, 15) is 4.79 Å². The minimum Gasteiger partial charge on any atom is -0.460 e. The SMILES string of the molecule is NC(Cc1nc(-c2ccccc2)co1)C(=O)OCc1ccccc1. The van der Waals surface area contributed by atoms with Gasteiger partial charge in [0, 0.05) is 5.56 Å². The zero-order chi connectivity index (χ0) is 16.8. The quantitative estimate of drug-likeness (QED) is 0.706. The van der Waals surface area contributed by atoms with E-state index < -0.39 is 12.0 Å². The zero-order valence-electron chi connectivity index (χ0n) is 13.1. The van der Waals surface area contributed by atoms with Crippen LogP contribution in [0, 0.1) is 0 Å². The molecule has 0 aliphatic heterocycles. The summed E-state index contributed by atoms with van der Waals surface area (Å²) in [6.07, 6.45) is 1.76. The van der Waals surface area contributed by atoms with Crippen LogP contribution >= 0.6 is 0 Å². The highest BCUT2D eigenvalue weighted by Crippen LogP contribution is 2.18. The molecular weight excluding hydrogens is 304 g/mol. The molecule has 0 saturated heterocycles. The fourth-order valence-corrected chi connectivity index (χ4v) is 2.25. The standard InChI is InChI=1S/C19H18N2O3/c20-16(19(22)24-12-14-7-3-1-4-8-14)11-18-21-17(13-23-18)15-9-5-2-6-10-15/h1-10,13,16H,11-12,20H2. The van der Waals surface area contributed by atoms with Gasteiger partial charge >= 0.3 is 5.97 Å². The molecule has 24 heavy (non-hydrogen) atoms. The van der Waals surface area contributed by atoms with Gasteiger partial charge in [-0.25, -0.2) is 4.98 Å². The lowest BCUT2D eigenvalue weighted by Gasteiger charge is -2.09. The molecular formula is C19H18N2O3. The number of carbonyl (C=O) groups is 1. The first-order valence-electron chi connectivity index (χ1n) is 7.68. The summed E-state index contributed by atoms with van der Waals surface area (Å²) in [6, 6.07) is 18.3. The number of hydrogen-bond donors (Lipinski definition) is 1. The first-order chi connectivity index (χ1) is 11.7. The largest absolute Gasteiger partial charge is 0.460 e. The third-order valence-corrected chi connectivity index (χ3v) is 3.54. The number of aromatic nitrogens is 1. The number of nitrogens with two attached hydrogens (primary N) is 1. The van der Waals surface area contributed by atoms with Gasteiger partial charge < -0.3 is 14.9 Å². The molecule has 1 unspecified atom stereocenters. The van der Waals surface area contributed by atoms with Crippen LogP contribution in [-0.4, -0.2) is 17.0 Å². The lowest BCUT2D eigenvalue weighted by atomic mass is 10.2. The highest BCUT2D eigenvalue weighted by atomic mass is 16.5.